The van der Waals surface area contributed by atoms with Crippen LogP contribution >= 0.6 is 0 Å². The zero-order chi connectivity index (χ0) is 16.0. The van der Waals surface area contributed by atoms with E-state index in [1.54, 1.807) is 6.92 Å². The molecule has 0 saturated heterocycles. The summed E-state index contributed by atoms with van der Waals surface area (Å²) in [5.74, 6) is -0.426. The fourth-order valence-electron chi connectivity index (χ4n) is 1.99. The number of nitro benzene ring substituents is 1. The Balaban J connectivity index is 3.30. The van der Waals surface area contributed by atoms with Crippen molar-refractivity contribution in [3.8, 4) is 5.75 Å². The molecule has 0 atom stereocenters. The number of amides is 1. The molecular weight excluding hydrogens is 276 g/mol. The molecule has 1 amide bonds. The van der Waals surface area contributed by atoms with Crippen LogP contribution in [0.5, 0.6) is 5.75 Å². The first-order valence-electron chi connectivity index (χ1n) is 6.76. The predicted octanol–water partition coefficient (Wildman–Crippen LogP) is 1.84. The van der Waals surface area contributed by atoms with E-state index in [0.717, 1.165) is 0 Å². The number of hydrogen-bond acceptors (Lipinski definition) is 5. The maximum atomic E-state index is 12.6. The molecule has 0 aliphatic heterocycles. The first kappa shape index (κ1) is 16.9. The third kappa shape index (κ3) is 3.91. The fraction of sp³-hybridized carbons (Fsp3) is 0.500. The highest BCUT2D eigenvalue weighted by Gasteiger charge is 2.27. The number of aliphatic hydroxyl groups excluding tert-OH is 1. The molecule has 0 spiro atoms. The number of aliphatic hydroxyl groups is 1. The zero-order valence-electron chi connectivity index (χ0n) is 12.4. The third-order valence-corrected chi connectivity index (χ3v) is 2.94. The van der Waals surface area contributed by atoms with Crippen LogP contribution in [0.4, 0.5) is 5.69 Å². The van der Waals surface area contributed by atoms with Gasteiger partial charge in [0.2, 0.25) is 5.75 Å². The molecule has 116 valence electrons. The fourth-order valence-corrected chi connectivity index (χ4v) is 1.99. The van der Waals surface area contributed by atoms with Crippen molar-refractivity contribution in [1.82, 2.24) is 4.90 Å². The Hall–Kier alpha value is -2.15. The number of hydrogen-bond donors (Lipinski definition) is 1. The Kier molecular flexibility index (Phi) is 6.10. The first-order valence-corrected chi connectivity index (χ1v) is 6.76. The van der Waals surface area contributed by atoms with Crippen molar-refractivity contribution in [2.75, 3.05) is 19.8 Å². The molecule has 0 heterocycles. The van der Waals surface area contributed by atoms with Gasteiger partial charge in [0.25, 0.3) is 5.91 Å². The number of benzene rings is 1. The van der Waals surface area contributed by atoms with Gasteiger partial charge in [-0.25, -0.2) is 0 Å². The van der Waals surface area contributed by atoms with E-state index in [4.69, 9.17) is 9.84 Å². The molecule has 1 aromatic rings. The maximum absolute atomic E-state index is 12.6. The molecule has 0 fully saturated rings. The van der Waals surface area contributed by atoms with Crippen LogP contribution in [-0.4, -0.2) is 46.6 Å². The number of carbonyl (C=O) groups is 1. The molecular formula is C14H20N2O5. The van der Waals surface area contributed by atoms with Crippen molar-refractivity contribution in [2.45, 2.75) is 26.8 Å². The van der Waals surface area contributed by atoms with Gasteiger partial charge in [-0.3, -0.25) is 14.9 Å². The number of ether oxygens (including phenoxy) is 1. The van der Waals surface area contributed by atoms with Crippen LogP contribution in [-0.2, 0) is 0 Å². The number of para-hydroxylation sites is 1. The van der Waals surface area contributed by atoms with Crippen molar-refractivity contribution in [3.05, 3.63) is 33.9 Å². The van der Waals surface area contributed by atoms with E-state index < -0.39 is 10.8 Å². The van der Waals surface area contributed by atoms with Crippen molar-refractivity contribution in [1.29, 1.82) is 0 Å². The zero-order valence-corrected chi connectivity index (χ0v) is 12.4. The molecule has 0 aromatic heterocycles. The van der Waals surface area contributed by atoms with Crippen LogP contribution in [0, 0.1) is 10.1 Å². The van der Waals surface area contributed by atoms with Gasteiger partial charge in [-0.2, -0.15) is 0 Å². The van der Waals surface area contributed by atoms with Gasteiger partial charge in [0.1, 0.15) is 0 Å². The highest BCUT2D eigenvalue weighted by molar-refractivity contribution is 5.98. The van der Waals surface area contributed by atoms with Gasteiger partial charge in [-0.05, 0) is 26.8 Å². The SMILES string of the molecule is CCOc1c(C(=O)N(CCO)C(C)C)cccc1[N+](=O)[O-]. The van der Waals surface area contributed by atoms with E-state index in [2.05, 4.69) is 0 Å². The van der Waals surface area contributed by atoms with Crippen LogP contribution in [0.15, 0.2) is 18.2 Å². The standard InChI is InChI=1S/C14H20N2O5/c1-4-21-13-11(6-5-7-12(13)16(19)20)14(18)15(8-9-17)10(2)3/h5-7,10,17H,4,8-9H2,1-3H3. The van der Waals surface area contributed by atoms with E-state index in [0.29, 0.717) is 0 Å². The Morgan fingerprint density at radius 2 is 2.14 bits per heavy atom. The Morgan fingerprint density at radius 1 is 1.48 bits per heavy atom. The molecule has 21 heavy (non-hydrogen) atoms. The minimum Gasteiger partial charge on any atom is -0.487 e. The summed E-state index contributed by atoms with van der Waals surface area (Å²) in [6.45, 7) is 5.51. The summed E-state index contributed by atoms with van der Waals surface area (Å²) in [7, 11) is 0. The number of nitro groups is 1. The van der Waals surface area contributed by atoms with E-state index in [9.17, 15) is 14.9 Å². The average molecular weight is 296 g/mol. The van der Waals surface area contributed by atoms with Gasteiger partial charge in [0.15, 0.2) is 0 Å². The highest BCUT2D eigenvalue weighted by Crippen LogP contribution is 2.32. The lowest BCUT2D eigenvalue weighted by Crippen LogP contribution is -2.39. The molecule has 7 nitrogen and oxygen atoms in total. The van der Waals surface area contributed by atoms with E-state index in [1.807, 2.05) is 13.8 Å². The summed E-state index contributed by atoms with van der Waals surface area (Å²) in [6.07, 6.45) is 0. The molecule has 1 N–H and O–H groups in total. The largest absolute Gasteiger partial charge is 0.487 e. The normalized spacial score (nSPS) is 10.5. The summed E-state index contributed by atoms with van der Waals surface area (Å²) in [5, 5.41) is 20.1. The number of rotatable bonds is 7. The van der Waals surface area contributed by atoms with E-state index in [-0.39, 0.29) is 42.8 Å². The smallest absolute Gasteiger partial charge is 0.311 e. The second-order valence-corrected chi connectivity index (χ2v) is 4.66. The van der Waals surface area contributed by atoms with Gasteiger partial charge >= 0.3 is 5.69 Å². The van der Waals surface area contributed by atoms with Gasteiger partial charge < -0.3 is 14.7 Å². The Bertz CT molecular complexity index is 516. The quantitative estimate of drug-likeness (QED) is 0.612. The van der Waals surface area contributed by atoms with Gasteiger partial charge in [-0.15, -0.1) is 0 Å². The molecule has 0 radical (unpaired) electrons. The molecule has 1 aromatic carbocycles. The lowest BCUT2D eigenvalue weighted by Gasteiger charge is -2.26. The summed E-state index contributed by atoms with van der Waals surface area (Å²) < 4.78 is 5.31. The van der Waals surface area contributed by atoms with Crippen molar-refractivity contribution >= 4 is 11.6 Å². The highest BCUT2D eigenvalue weighted by atomic mass is 16.6. The molecule has 1 rings (SSSR count). The maximum Gasteiger partial charge on any atom is 0.311 e. The summed E-state index contributed by atoms with van der Waals surface area (Å²) in [6, 6.07) is 4.10. The lowest BCUT2D eigenvalue weighted by atomic mass is 10.1. The lowest BCUT2D eigenvalue weighted by molar-refractivity contribution is -0.385. The first-order chi connectivity index (χ1) is 9.93. The number of carbonyl (C=O) groups excluding carboxylic acids is 1. The average Bonchev–Trinajstić information content (AvgIpc) is 2.44. The van der Waals surface area contributed by atoms with E-state index >= 15 is 0 Å². The molecule has 0 bridgehead atoms. The summed E-state index contributed by atoms with van der Waals surface area (Å²) >= 11 is 0. The van der Waals surface area contributed by atoms with Crippen LogP contribution in [0.2, 0.25) is 0 Å². The topological polar surface area (TPSA) is 92.9 Å². The Morgan fingerprint density at radius 3 is 2.62 bits per heavy atom. The van der Waals surface area contributed by atoms with Crippen LogP contribution in [0.3, 0.4) is 0 Å². The minimum absolute atomic E-state index is 0.0291. The third-order valence-electron chi connectivity index (χ3n) is 2.94. The second kappa shape index (κ2) is 7.58. The van der Waals surface area contributed by atoms with Crippen LogP contribution in [0.1, 0.15) is 31.1 Å². The van der Waals surface area contributed by atoms with Crippen LogP contribution in [0.25, 0.3) is 0 Å². The van der Waals surface area contributed by atoms with Gasteiger partial charge in [0.05, 0.1) is 23.7 Å². The van der Waals surface area contributed by atoms with Gasteiger partial charge in [-0.1, -0.05) is 6.07 Å². The summed E-state index contributed by atoms with van der Waals surface area (Å²) in [4.78, 5) is 24.5. The molecule has 0 unspecified atom stereocenters. The van der Waals surface area contributed by atoms with Crippen LogP contribution < -0.4 is 4.74 Å². The molecule has 0 saturated carbocycles. The van der Waals surface area contributed by atoms with E-state index in [1.165, 1.54) is 23.1 Å². The molecule has 0 aliphatic rings. The summed E-state index contributed by atoms with van der Waals surface area (Å²) in [5.41, 5.74) is -0.108. The van der Waals surface area contributed by atoms with Crippen molar-refractivity contribution < 1.29 is 19.6 Å². The second-order valence-electron chi connectivity index (χ2n) is 4.66. The molecule has 7 heteroatoms. The number of nitrogens with zero attached hydrogens (tertiary/aromatic N) is 2. The molecule has 0 aliphatic carbocycles. The van der Waals surface area contributed by atoms with Crippen molar-refractivity contribution in [2.24, 2.45) is 0 Å². The van der Waals surface area contributed by atoms with Crippen molar-refractivity contribution in [3.63, 3.8) is 0 Å². The van der Waals surface area contributed by atoms with Gasteiger partial charge in [0, 0.05) is 18.7 Å². The monoisotopic (exact) mass is 296 g/mol. The minimum atomic E-state index is -0.576. The Labute approximate surface area is 123 Å². The predicted molar refractivity (Wildman–Crippen MR) is 77.5 cm³/mol.